The van der Waals surface area contributed by atoms with Gasteiger partial charge in [0.05, 0.1) is 6.26 Å². The van der Waals surface area contributed by atoms with Gasteiger partial charge >= 0.3 is 23.1 Å². The molecule has 52 valence electrons. The Morgan fingerprint density at radius 2 is 2.20 bits per heavy atom. The molecule has 0 spiro atoms. The van der Waals surface area contributed by atoms with Crippen LogP contribution in [0.3, 0.4) is 0 Å². The molecule has 0 saturated carbocycles. The van der Waals surface area contributed by atoms with Crippen LogP contribution in [-0.4, -0.2) is 23.1 Å². The van der Waals surface area contributed by atoms with Crippen molar-refractivity contribution in [2.45, 2.75) is 12.8 Å². The molecule has 1 aromatic heterocycles. The smallest absolute Gasteiger partial charge is 1.00 e. The molecule has 1 nitrogen and oxygen atoms in total. The zero-order chi connectivity index (χ0) is 5.82. The zero-order valence-corrected chi connectivity index (χ0v) is 8.85. The van der Waals surface area contributed by atoms with Crippen molar-refractivity contribution in [2.24, 2.45) is 0 Å². The summed E-state index contributed by atoms with van der Waals surface area (Å²) in [6.45, 7) is 3.70. The van der Waals surface area contributed by atoms with Crippen LogP contribution in [0.1, 0.15) is 12.2 Å². The second kappa shape index (κ2) is 7.63. The van der Waals surface area contributed by atoms with E-state index >= 15 is 0 Å². The average molecular weight is 213 g/mol. The van der Waals surface area contributed by atoms with Crippen LogP contribution >= 0.6 is 0 Å². The number of rotatable bonds is 2. The zero-order valence-electron chi connectivity index (χ0n) is 5.85. The van der Waals surface area contributed by atoms with Gasteiger partial charge in [-0.2, -0.15) is 6.42 Å². The quantitative estimate of drug-likeness (QED) is 0.438. The first-order chi connectivity index (χ1) is 3.93. The van der Waals surface area contributed by atoms with Crippen molar-refractivity contribution in [1.29, 1.82) is 0 Å². The van der Waals surface area contributed by atoms with E-state index in [1.165, 1.54) is 0 Å². The summed E-state index contributed by atoms with van der Waals surface area (Å²) in [7, 11) is 0. The first-order valence-electron chi connectivity index (χ1n) is 2.75. The van der Waals surface area contributed by atoms with Gasteiger partial charge < -0.3 is 28.3 Å². The predicted molar refractivity (Wildman–Crippen MR) is 38.1 cm³/mol. The molecule has 10 heavy (non-hydrogen) atoms. The van der Waals surface area contributed by atoms with Crippen LogP contribution in [0.15, 0.2) is 22.8 Å². The summed E-state index contributed by atoms with van der Waals surface area (Å²) in [5.41, 5.74) is 0. The molecule has 0 atom stereocenters. The van der Waals surface area contributed by atoms with Gasteiger partial charge in [0.15, 0.2) is 0 Å². The SMILES string of the molecule is [Br-].[CH2-]CCc1ccco1.[Mg+2]. The minimum Gasteiger partial charge on any atom is -1.00 e. The molecule has 1 rings (SSSR count). The van der Waals surface area contributed by atoms with E-state index < -0.39 is 0 Å². The Balaban J connectivity index is 0. The van der Waals surface area contributed by atoms with Gasteiger partial charge in [-0.05, 0) is 18.6 Å². The largest absolute Gasteiger partial charge is 2.00 e. The van der Waals surface area contributed by atoms with Crippen LogP contribution in [0.5, 0.6) is 0 Å². The van der Waals surface area contributed by atoms with Crippen LogP contribution in [0.2, 0.25) is 0 Å². The monoisotopic (exact) mass is 212 g/mol. The molecule has 0 amide bonds. The van der Waals surface area contributed by atoms with Gasteiger partial charge in [-0.1, -0.05) is 0 Å². The molecular weight excluding hydrogens is 204 g/mol. The molecule has 0 bridgehead atoms. The van der Waals surface area contributed by atoms with E-state index in [0.29, 0.717) is 0 Å². The molecule has 0 radical (unpaired) electrons. The van der Waals surface area contributed by atoms with Crippen molar-refractivity contribution in [2.75, 3.05) is 0 Å². The van der Waals surface area contributed by atoms with Crippen molar-refractivity contribution in [3.8, 4) is 0 Å². The first-order valence-corrected chi connectivity index (χ1v) is 2.75. The second-order valence-electron chi connectivity index (χ2n) is 1.68. The summed E-state index contributed by atoms with van der Waals surface area (Å²) in [6, 6.07) is 3.86. The molecule has 0 aliphatic heterocycles. The summed E-state index contributed by atoms with van der Waals surface area (Å²) < 4.78 is 5.03. The fraction of sp³-hybridized carbons (Fsp3) is 0.286. The maximum Gasteiger partial charge on any atom is 2.00 e. The van der Waals surface area contributed by atoms with Crippen LogP contribution in [0, 0.1) is 6.92 Å². The van der Waals surface area contributed by atoms with Crippen molar-refractivity contribution in [3.05, 3.63) is 31.1 Å². The fourth-order valence-corrected chi connectivity index (χ4v) is 0.629. The van der Waals surface area contributed by atoms with Crippen LogP contribution in [-0.2, 0) is 6.42 Å². The van der Waals surface area contributed by atoms with Crippen LogP contribution in [0.4, 0.5) is 0 Å². The third-order valence-electron chi connectivity index (χ3n) is 1.00. The van der Waals surface area contributed by atoms with Gasteiger partial charge in [0.2, 0.25) is 0 Å². The summed E-state index contributed by atoms with van der Waals surface area (Å²) >= 11 is 0. The molecule has 1 heterocycles. The molecule has 0 aliphatic rings. The Bertz CT molecular complexity index is 139. The summed E-state index contributed by atoms with van der Waals surface area (Å²) in [5, 5.41) is 0. The Kier molecular flexibility index (Phi) is 10.0. The Morgan fingerprint density at radius 3 is 2.60 bits per heavy atom. The number of hydrogen-bond donors (Lipinski definition) is 0. The van der Waals surface area contributed by atoms with E-state index in [2.05, 4.69) is 6.92 Å². The third kappa shape index (κ3) is 4.36. The molecule has 0 aromatic carbocycles. The Hall–Kier alpha value is 0.526. The predicted octanol–water partition coefficient (Wildman–Crippen LogP) is -1.33. The van der Waals surface area contributed by atoms with E-state index in [9.17, 15) is 0 Å². The molecule has 3 heteroatoms. The van der Waals surface area contributed by atoms with E-state index in [4.69, 9.17) is 4.42 Å². The van der Waals surface area contributed by atoms with Gasteiger partial charge in [-0.25, -0.2) is 0 Å². The molecule has 0 aliphatic carbocycles. The molecular formula is C7H9BrMgO. The topological polar surface area (TPSA) is 13.1 Å². The van der Waals surface area contributed by atoms with Gasteiger partial charge in [0.25, 0.3) is 0 Å². The minimum atomic E-state index is 0. The van der Waals surface area contributed by atoms with Crippen molar-refractivity contribution < 1.29 is 21.4 Å². The maximum absolute atomic E-state index is 5.03. The van der Waals surface area contributed by atoms with Gasteiger partial charge in [-0.15, -0.1) is 0 Å². The van der Waals surface area contributed by atoms with Gasteiger partial charge in [0, 0.05) is 0 Å². The summed E-state index contributed by atoms with van der Waals surface area (Å²) in [5.74, 6) is 1.03. The summed E-state index contributed by atoms with van der Waals surface area (Å²) in [4.78, 5) is 0. The van der Waals surface area contributed by atoms with E-state index in [1.54, 1.807) is 6.26 Å². The normalized spacial score (nSPS) is 7.70. The number of aryl methyl sites for hydroxylation is 1. The number of furan rings is 1. The molecule has 0 N–H and O–H groups in total. The van der Waals surface area contributed by atoms with E-state index in [0.717, 1.165) is 18.6 Å². The van der Waals surface area contributed by atoms with Crippen LogP contribution < -0.4 is 17.0 Å². The maximum atomic E-state index is 5.03. The third-order valence-corrected chi connectivity index (χ3v) is 1.00. The van der Waals surface area contributed by atoms with Crippen LogP contribution in [0.25, 0.3) is 0 Å². The Morgan fingerprint density at radius 1 is 1.50 bits per heavy atom. The number of hydrogen-bond acceptors (Lipinski definition) is 1. The summed E-state index contributed by atoms with van der Waals surface area (Å²) in [6.07, 6.45) is 3.55. The van der Waals surface area contributed by atoms with Crippen molar-refractivity contribution >= 4 is 23.1 Å². The van der Waals surface area contributed by atoms with Crippen molar-refractivity contribution in [3.63, 3.8) is 0 Å². The van der Waals surface area contributed by atoms with Gasteiger partial charge in [-0.3, -0.25) is 0 Å². The molecule has 0 fully saturated rings. The first kappa shape index (κ1) is 13.1. The molecule has 1 aromatic rings. The van der Waals surface area contributed by atoms with Gasteiger partial charge in [0.1, 0.15) is 5.76 Å². The second-order valence-corrected chi connectivity index (χ2v) is 1.68. The Labute approximate surface area is 88.1 Å². The van der Waals surface area contributed by atoms with E-state index in [-0.39, 0.29) is 40.0 Å². The van der Waals surface area contributed by atoms with E-state index in [1.807, 2.05) is 12.1 Å². The number of halogens is 1. The average Bonchev–Trinajstić information content (AvgIpc) is 2.19. The van der Waals surface area contributed by atoms with Crippen molar-refractivity contribution in [1.82, 2.24) is 0 Å². The fourth-order valence-electron chi connectivity index (χ4n) is 0.629. The standard InChI is InChI=1S/C7H9O.BrH.Mg/c1-2-4-7-5-3-6-8-7;;/h3,5-6H,1-2,4H2;1H;/q-1;;+2/p-1. The minimum absolute atomic E-state index is 0. The molecule has 0 saturated heterocycles. The molecule has 0 unspecified atom stereocenters.